The molecule has 0 saturated carbocycles. The third-order valence-electron chi connectivity index (χ3n) is 2.82. The lowest BCUT2D eigenvalue weighted by atomic mass is 10.2. The highest BCUT2D eigenvalue weighted by Gasteiger charge is 2.12. The quantitative estimate of drug-likeness (QED) is 0.841. The maximum Gasteiger partial charge on any atom is 0.0999 e. The molecule has 0 bridgehead atoms. The Morgan fingerprint density at radius 2 is 2.22 bits per heavy atom. The van der Waals surface area contributed by atoms with Crippen molar-refractivity contribution in [3.05, 3.63) is 35.7 Å². The van der Waals surface area contributed by atoms with Gasteiger partial charge in [-0.25, -0.2) is 4.68 Å². The molecule has 5 heteroatoms. The van der Waals surface area contributed by atoms with Crippen LogP contribution >= 0.6 is 11.8 Å². The average molecular weight is 262 g/mol. The molecule has 18 heavy (non-hydrogen) atoms. The van der Waals surface area contributed by atoms with Crippen LogP contribution in [0.25, 0.3) is 5.69 Å². The zero-order valence-electron chi connectivity index (χ0n) is 10.8. The lowest BCUT2D eigenvalue weighted by Crippen LogP contribution is -2.06. The first-order valence-electron chi connectivity index (χ1n) is 6.08. The highest BCUT2D eigenvalue weighted by molar-refractivity contribution is 7.98. The van der Waals surface area contributed by atoms with Gasteiger partial charge in [-0.05, 0) is 30.9 Å². The van der Waals surface area contributed by atoms with E-state index in [1.54, 1.807) is 11.8 Å². The van der Waals surface area contributed by atoms with Gasteiger partial charge < -0.3 is 5.73 Å². The molecule has 2 aromatic rings. The molecule has 0 aliphatic rings. The van der Waals surface area contributed by atoms with Crippen molar-refractivity contribution in [2.45, 2.75) is 31.2 Å². The monoisotopic (exact) mass is 262 g/mol. The molecule has 1 aromatic carbocycles. The van der Waals surface area contributed by atoms with Crippen LogP contribution in [0.2, 0.25) is 0 Å². The number of benzene rings is 1. The van der Waals surface area contributed by atoms with Crippen molar-refractivity contribution in [1.29, 1.82) is 0 Å². The summed E-state index contributed by atoms with van der Waals surface area (Å²) in [5.41, 5.74) is 8.78. The summed E-state index contributed by atoms with van der Waals surface area (Å²) in [4.78, 5) is 1.22. The minimum Gasteiger partial charge on any atom is -0.325 e. The Hall–Kier alpha value is -1.33. The number of thioether (sulfide) groups is 1. The zero-order chi connectivity index (χ0) is 13.0. The molecule has 0 unspecified atom stereocenters. The van der Waals surface area contributed by atoms with E-state index in [0.29, 0.717) is 6.54 Å². The molecular formula is C13H18N4S. The topological polar surface area (TPSA) is 56.7 Å². The normalized spacial score (nSPS) is 10.8. The Morgan fingerprint density at radius 3 is 2.89 bits per heavy atom. The van der Waals surface area contributed by atoms with E-state index in [1.165, 1.54) is 4.90 Å². The predicted octanol–water partition coefficient (Wildman–Crippen LogP) is 2.40. The summed E-state index contributed by atoms with van der Waals surface area (Å²) < 4.78 is 1.91. The minimum absolute atomic E-state index is 0.442. The lowest BCUT2D eigenvalue weighted by molar-refractivity contribution is 0.744. The van der Waals surface area contributed by atoms with E-state index < -0.39 is 0 Å². The Labute approximate surface area is 112 Å². The SMILES string of the molecule is CCCc1c(CN)nnn1-c1cccc(SC)c1. The van der Waals surface area contributed by atoms with Crippen molar-refractivity contribution in [1.82, 2.24) is 15.0 Å². The van der Waals surface area contributed by atoms with E-state index in [2.05, 4.69) is 35.6 Å². The fourth-order valence-corrected chi connectivity index (χ4v) is 2.38. The summed E-state index contributed by atoms with van der Waals surface area (Å²) in [7, 11) is 0. The summed E-state index contributed by atoms with van der Waals surface area (Å²) in [6.07, 6.45) is 4.07. The lowest BCUT2D eigenvalue weighted by Gasteiger charge is -2.07. The highest BCUT2D eigenvalue weighted by atomic mass is 32.2. The molecule has 2 N–H and O–H groups in total. The summed E-state index contributed by atoms with van der Waals surface area (Å²) >= 11 is 1.72. The van der Waals surface area contributed by atoms with Gasteiger partial charge >= 0.3 is 0 Å². The summed E-state index contributed by atoms with van der Waals surface area (Å²) in [5.74, 6) is 0. The Bertz CT molecular complexity index is 521. The first kappa shape index (κ1) is 13.1. The van der Waals surface area contributed by atoms with E-state index in [1.807, 2.05) is 16.8 Å². The second-order valence-electron chi connectivity index (χ2n) is 4.05. The van der Waals surface area contributed by atoms with Crippen molar-refractivity contribution in [2.24, 2.45) is 5.73 Å². The van der Waals surface area contributed by atoms with Gasteiger partial charge in [0.1, 0.15) is 0 Å². The number of aromatic nitrogens is 3. The second-order valence-corrected chi connectivity index (χ2v) is 4.93. The number of hydrogen-bond acceptors (Lipinski definition) is 4. The van der Waals surface area contributed by atoms with Crippen LogP contribution in [0.3, 0.4) is 0 Å². The van der Waals surface area contributed by atoms with Gasteiger partial charge in [-0.1, -0.05) is 24.6 Å². The fraction of sp³-hybridized carbons (Fsp3) is 0.385. The van der Waals surface area contributed by atoms with E-state index in [-0.39, 0.29) is 0 Å². The van der Waals surface area contributed by atoms with Gasteiger partial charge in [0.05, 0.1) is 17.1 Å². The molecule has 0 atom stereocenters. The van der Waals surface area contributed by atoms with Crippen molar-refractivity contribution in [2.75, 3.05) is 6.26 Å². The zero-order valence-corrected chi connectivity index (χ0v) is 11.6. The van der Waals surface area contributed by atoms with Crippen LogP contribution in [0.1, 0.15) is 24.7 Å². The molecule has 1 heterocycles. The summed E-state index contributed by atoms with van der Waals surface area (Å²) in [6, 6.07) is 8.31. The Kier molecular flexibility index (Phi) is 4.38. The van der Waals surface area contributed by atoms with Crippen molar-refractivity contribution >= 4 is 11.8 Å². The van der Waals surface area contributed by atoms with Crippen molar-refractivity contribution in [3.63, 3.8) is 0 Å². The van der Waals surface area contributed by atoms with Gasteiger partial charge in [0.15, 0.2) is 0 Å². The van der Waals surface area contributed by atoms with Crippen LogP contribution in [0.5, 0.6) is 0 Å². The molecule has 0 fully saturated rings. The second kappa shape index (κ2) is 6.02. The number of nitrogens with two attached hydrogens (primary N) is 1. The molecule has 0 radical (unpaired) electrons. The van der Waals surface area contributed by atoms with Gasteiger partial charge in [-0.2, -0.15) is 0 Å². The predicted molar refractivity (Wildman–Crippen MR) is 75.0 cm³/mol. The Morgan fingerprint density at radius 1 is 1.39 bits per heavy atom. The highest BCUT2D eigenvalue weighted by Crippen LogP contribution is 2.20. The third kappa shape index (κ3) is 2.57. The molecular weight excluding hydrogens is 244 g/mol. The van der Waals surface area contributed by atoms with E-state index in [4.69, 9.17) is 5.73 Å². The minimum atomic E-state index is 0.442. The summed E-state index contributed by atoms with van der Waals surface area (Å²) in [5, 5.41) is 8.39. The Balaban J connectivity index is 2.45. The number of hydrogen-bond donors (Lipinski definition) is 1. The van der Waals surface area contributed by atoms with Crippen molar-refractivity contribution < 1.29 is 0 Å². The van der Waals surface area contributed by atoms with E-state index in [9.17, 15) is 0 Å². The number of nitrogens with zero attached hydrogens (tertiary/aromatic N) is 3. The standard InChI is InChI=1S/C13H18N4S/c1-3-5-13-12(9-14)15-16-17(13)10-6-4-7-11(8-10)18-2/h4,6-8H,3,5,9,14H2,1-2H3. The fourth-order valence-electron chi connectivity index (χ4n) is 1.93. The van der Waals surface area contributed by atoms with Crippen molar-refractivity contribution in [3.8, 4) is 5.69 Å². The molecule has 0 spiro atoms. The smallest absolute Gasteiger partial charge is 0.0999 e. The first-order chi connectivity index (χ1) is 8.80. The van der Waals surface area contributed by atoms with Crippen LogP contribution < -0.4 is 5.73 Å². The van der Waals surface area contributed by atoms with E-state index in [0.717, 1.165) is 29.9 Å². The number of rotatable bonds is 5. The molecule has 96 valence electrons. The molecule has 1 aromatic heterocycles. The maximum atomic E-state index is 5.71. The first-order valence-corrected chi connectivity index (χ1v) is 7.30. The van der Waals surface area contributed by atoms with Gasteiger partial charge in [0.2, 0.25) is 0 Å². The van der Waals surface area contributed by atoms with Crippen LogP contribution in [0.4, 0.5) is 0 Å². The molecule has 0 saturated heterocycles. The molecule has 2 rings (SSSR count). The molecule has 4 nitrogen and oxygen atoms in total. The molecule has 0 amide bonds. The van der Waals surface area contributed by atoms with E-state index >= 15 is 0 Å². The largest absolute Gasteiger partial charge is 0.325 e. The van der Waals surface area contributed by atoms with Crippen LogP contribution in [-0.2, 0) is 13.0 Å². The third-order valence-corrected chi connectivity index (χ3v) is 3.55. The van der Waals surface area contributed by atoms with Gasteiger partial charge in [0.25, 0.3) is 0 Å². The van der Waals surface area contributed by atoms with Gasteiger partial charge in [0, 0.05) is 11.4 Å². The van der Waals surface area contributed by atoms with Gasteiger partial charge in [-0.3, -0.25) is 0 Å². The van der Waals surface area contributed by atoms with Gasteiger partial charge in [-0.15, -0.1) is 16.9 Å². The van der Waals surface area contributed by atoms with Crippen LogP contribution in [0, 0.1) is 0 Å². The molecule has 0 aliphatic heterocycles. The maximum absolute atomic E-state index is 5.71. The van der Waals surface area contributed by atoms with Crippen LogP contribution in [0.15, 0.2) is 29.2 Å². The van der Waals surface area contributed by atoms with Crippen LogP contribution in [-0.4, -0.2) is 21.2 Å². The molecule has 0 aliphatic carbocycles. The average Bonchev–Trinajstić information content (AvgIpc) is 2.82. The summed E-state index contributed by atoms with van der Waals surface area (Å²) in [6.45, 7) is 2.59.